The molecule has 12 aromatic rings. The van der Waals surface area contributed by atoms with Gasteiger partial charge in [-0.3, -0.25) is 0 Å². The van der Waals surface area contributed by atoms with Crippen molar-refractivity contribution in [3.8, 4) is 62.6 Å². The van der Waals surface area contributed by atoms with Crippen molar-refractivity contribution >= 4 is 67.3 Å². The molecule has 4 aromatic heterocycles. The van der Waals surface area contributed by atoms with Gasteiger partial charge in [-0.15, -0.1) is 45.3 Å². The lowest BCUT2D eigenvalue weighted by atomic mass is 9.58. The van der Waals surface area contributed by atoms with Crippen molar-refractivity contribution in [3.63, 3.8) is 0 Å². The third kappa shape index (κ3) is 8.15. The normalized spacial score (nSPS) is 13.9. The molecular formula is C78H64S4. The summed E-state index contributed by atoms with van der Waals surface area (Å²) >= 11 is 7.37. The molecule has 0 amide bonds. The molecule has 0 fully saturated rings. The fraction of sp³-hybridized carbons (Fsp3) is 0.154. The molecule has 0 spiro atoms. The van der Waals surface area contributed by atoms with Crippen molar-refractivity contribution in [3.05, 3.63) is 297 Å². The second kappa shape index (κ2) is 19.5. The topological polar surface area (TPSA) is 0 Å². The minimum absolute atomic E-state index is 0.0183. The SMILES string of the molecule is C=C(C)c1ccc(C2(c3ccc(C(=C)C)cc3)c3cc(-c4ccc(-c5cccs5)s4)ccc3-c3c2cc2c4c(cccc34)C(c3ccc(C(C)(C)C)cc3)(c3ccc(C(C)(C)C)cc3)c3cc(-c4ccc(-c5cccs5)s4)ccc3-2)cc1. The summed E-state index contributed by atoms with van der Waals surface area (Å²) in [6.07, 6.45) is 0. The van der Waals surface area contributed by atoms with Gasteiger partial charge in [0.15, 0.2) is 0 Å². The van der Waals surface area contributed by atoms with Crippen LogP contribution in [0.4, 0.5) is 0 Å². The van der Waals surface area contributed by atoms with Crippen molar-refractivity contribution in [2.75, 3.05) is 0 Å². The van der Waals surface area contributed by atoms with E-state index in [0.29, 0.717) is 0 Å². The lowest BCUT2D eigenvalue weighted by Gasteiger charge is -2.43. The molecule has 400 valence electrons. The molecule has 0 radical (unpaired) electrons. The van der Waals surface area contributed by atoms with Crippen molar-refractivity contribution < 1.29 is 0 Å². The Balaban J connectivity index is 1.12. The van der Waals surface area contributed by atoms with Crippen LogP contribution >= 0.6 is 45.3 Å². The summed E-state index contributed by atoms with van der Waals surface area (Å²) in [5.41, 5.74) is 23.2. The lowest BCUT2D eigenvalue weighted by Crippen LogP contribution is -2.34. The fourth-order valence-corrected chi connectivity index (χ4v) is 17.1. The highest BCUT2D eigenvalue weighted by Gasteiger charge is 2.51. The van der Waals surface area contributed by atoms with Gasteiger partial charge in [0.2, 0.25) is 0 Å². The molecule has 0 saturated heterocycles. The van der Waals surface area contributed by atoms with Gasteiger partial charge in [-0.05, 0) is 201 Å². The summed E-state index contributed by atoms with van der Waals surface area (Å²) in [5, 5.41) is 6.92. The number of hydrogen-bond donors (Lipinski definition) is 0. The van der Waals surface area contributed by atoms with Crippen LogP contribution in [0.2, 0.25) is 0 Å². The summed E-state index contributed by atoms with van der Waals surface area (Å²) in [6, 6.07) is 80.8. The van der Waals surface area contributed by atoms with Gasteiger partial charge < -0.3 is 0 Å². The maximum atomic E-state index is 4.40. The summed E-state index contributed by atoms with van der Waals surface area (Å²) in [7, 11) is 0. The summed E-state index contributed by atoms with van der Waals surface area (Å²) in [6.45, 7) is 26.9. The van der Waals surface area contributed by atoms with Crippen LogP contribution in [0, 0.1) is 0 Å². The number of benzene rings is 8. The average molecular weight is 1130 g/mol. The summed E-state index contributed by atoms with van der Waals surface area (Å²) < 4.78 is 0. The molecule has 0 N–H and O–H groups in total. The average Bonchev–Trinajstić information content (AvgIpc) is 1.60. The second-order valence-corrected chi connectivity index (χ2v) is 28.8. The Morgan fingerprint density at radius 2 is 0.793 bits per heavy atom. The molecule has 4 heteroatoms. The van der Waals surface area contributed by atoms with E-state index in [1.54, 1.807) is 22.7 Å². The molecule has 2 aliphatic carbocycles. The standard InChI is InChI=1S/C78H64S4/c1-47(2)49-18-24-55(25-19-49)78(56-26-20-50(21-27-56)48(3)4)65-45-52(68-39-41-72(82-68)70-17-13-43-80-70)23-37-60(65)73-61-14-11-15-63-74(61)62(46-66(73)78)59-36-22-51(67-38-40-71(81-67)69-16-12-42-79-69)44-64(59)77(63,57-32-28-53(29-33-57)75(5,6)7)58-34-30-54(31-35-58)76(8,9)10/h11-46H,1,3H2,2,4-10H3. The maximum absolute atomic E-state index is 4.40. The van der Waals surface area contributed by atoms with Crippen molar-refractivity contribution in [2.24, 2.45) is 0 Å². The Labute approximate surface area is 500 Å². The van der Waals surface area contributed by atoms with Crippen molar-refractivity contribution in [1.82, 2.24) is 0 Å². The molecule has 0 unspecified atom stereocenters. The Bertz CT molecular complexity index is 4350. The van der Waals surface area contributed by atoms with Gasteiger partial charge in [0.1, 0.15) is 0 Å². The van der Waals surface area contributed by atoms with Gasteiger partial charge in [-0.1, -0.05) is 218 Å². The van der Waals surface area contributed by atoms with Crippen LogP contribution in [0.25, 0.3) is 84.6 Å². The molecular weight excluding hydrogens is 1070 g/mol. The quantitative estimate of drug-likeness (QED) is 0.128. The third-order valence-electron chi connectivity index (χ3n) is 17.7. The van der Waals surface area contributed by atoms with E-state index < -0.39 is 10.8 Å². The molecule has 2 aliphatic rings. The fourth-order valence-electron chi connectivity index (χ4n) is 13.5. The van der Waals surface area contributed by atoms with Crippen LogP contribution in [-0.4, -0.2) is 0 Å². The number of hydrogen-bond acceptors (Lipinski definition) is 4. The highest BCUT2D eigenvalue weighted by atomic mass is 32.1. The molecule has 0 bridgehead atoms. The zero-order valence-electron chi connectivity index (χ0n) is 47.8. The van der Waals surface area contributed by atoms with Crippen LogP contribution in [-0.2, 0) is 21.7 Å². The molecule has 0 atom stereocenters. The van der Waals surface area contributed by atoms with E-state index in [2.05, 4.69) is 286 Å². The zero-order chi connectivity index (χ0) is 56.5. The summed E-state index contributed by atoms with van der Waals surface area (Å²) in [4.78, 5) is 7.71. The molecule has 4 heterocycles. The molecule has 82 heavy (non-hydrogen) atoms. The van der Waals surface area contributed by atoms with E-state index in [1.165, 1.54) is 129 Å². The van der Waals surface area contributed by atoms with Crippen LogP contribution in [0.1, 0.15) is 122 Å². The molecule has 0 aliphatic heterocycles. The second-order valence-electron chi connectivity index (χ2n) is 24.7. The monoisotopic (exact) mass is 1130 g/mol. The molecule has 0 saturated carbocycles. The molecule has 0 nitrogen and oxygen atoms in total. The minimum Gasteiger partial charge on any atom is -0.143 e. The van der Waals surface area contributed by atoms with E-state index in [9.17, 15) is 0 Å². The van der Waals surface area contributed by atoms with Crippen LogP contribution in [0.5, 0.6) is 0 Å². The predicted octanol–water partition coefficient (Wildman–Crippen LogP) is 23.1. The predicted molar refractivity (Wildman–Crippen MR) is 359 cm³/mol. The van der Waals surface area contributed by atoms with Gasteiger partial charge in [0, 0.05) is 29.3 Å². The van der Waals surface area contributed by atoms with E-state index >= 15 is 0 Å². The van der Waals surface area contributed by atoms with Gasteiger partial charge in [-0.25, -0.2) is 0 Å². The smallest absolute Gasteiger partial charge is 0.0714 e. The third-order valence-corrected chi connectivity index (χ3v) is 22.1. The van der Waals surface area contributed by atoms with E-state index in [0.717, 1.165) is 22.3 Å². The zero-order valence-corrected chi connectivity index (χ0v) is 51.1. The molecule has 14 rings (SSSR count). The van der Waals surface area contributed by atoms with Crippen LogP contribution in [0.15, 0.2) is 230 Å². The van der Waals surface area contributed by atoms with Crippen molar-refractivity contribution in [1.29, 1.82) is 0 Å². The Hall–Kier alpha value is -7.70. The first-order chi connectivity index (χ1) is 39.5. The number of allylic oxidation sites excluding steroid dienone is 2. The largest absolute Gasteiger partial charge is 0.143 e. The van der Waals surface area contributed by atoms with E-state index in [4.69, 9.17) is 0 Å². The lowest BCUT2D eigenvalue weighted by molar-refractivity contribution is 0.588. The Morgan fingerprint density at radius 1 is 0.366 bits per heavy atom. The number of rotatable bonds is 10. The van der Waals surface area contributed by atoms with E-state index in [1.807, 2.05) is 22.7 Å². The number of thiophene rings is 4. The first-order valence-corrected chi connectivity index (χ1v) is 31.9. The molecule has 8 aromatic carbocycles. The van der Waals surface area contributed by atoms with Crippen LogP contribution < -0.4 is 0 Å². The maximum Gasteiger partial charge on any atom is 0.0714 e. The van der Waals surface area contributed by atoms with Gasteiger partial charge in [0.25, 0.3) is 0 Å². The first kappa shape index (κ1) is 52.4. The first-order valence-electron chi connectivity index (χ1n) is 28.5. The number of fused-ring (bicyclic) bond motifs is 6. The van der Waals surface area contributed by atoms with Gasteiger partial charge >= 0.3 is 0 Å². The Kier molecular flexibility index (Phi) is 12.4. The Morgan fingerprint density at radius 3 is 1.23 bits per heavy atom. The van der Waals surface area contributed by atoms with E-state index in [-0.39, 0.29) is 10.8 Å². The van der Waals surface area contributed by atoms with Gasteiger partial charge in [0.05, 0.1) is 10.8 Å². The summed E-state index contributed by atoms with van der Waals surface area (Å²) in [5.74, 6) is 0. The minimum atomic E-state index is -0.716. The van der Waals surface area contributed by atoms with Crippen molar-refractivity contribution in [2.45, 2.75) is 77.0 Å². The highest BCUT2D eigenvalue weighted by Crippen LogP contribution is 2.64. The van der Waals surface area contributed by atoms with Crippen LogP contribution in [0.3, 0.4) is 0 Å². The van der Waals surface area contributed by atoms with Gasteiger partial charge in [-0.2, -0.15) is 0 Å². The highest BCUT2D eigenvalue weighted by molar-refractivity contribution is 7.23.